The molecule has 3 aliphatic heterocycles. The number of likely N-dealkylation sites (tertiary alicyclic amines) is 1. The van der Waals surface area contributed by atoms with Gasteiger partial charge < -0.3 is 19.3 Å². The van der Waals surface area contributed by atoms with E-state index in [2.05, 4.69) is 0 Å². The fraction of sp³-hybridized carbons (Fsp3) is 0.591. The van der Waals surface area contributed by atoms with E-state index in [9.17, 15) is 14.4 Å². The number of piperidine rings is 1. The predicted molar refractivity (Wildman–Crippen MR) is 104 cm³/mol. The van der Waals surface area contributed by atoms with Gasteiger partial charge in [-0.3, -0.25) is 14.4 Å². The molecule has 154 valence electrons. The number of carbonyl (C=O) groups is 3. The van der Waals surface area contributed by atoms with Crippen molar-refractivity contribution >= 4 is 23.3 Å². The summed E-state index contributed by atoms with van der Waals surface area (Å²) in [5.41, 5.74) is 1.29. The molecule has 2 saturated heterocycles. The van der Waals surface area contributed by atoms with Crippen LogP contribution in [-0.4, -0.2) is 55.3 Å². The Hall–Kier alpha value is -2.25. The Morgan fingerprint density at radius 3 is 2.45 bits per heavy atom. The zero-order valence-corrected chi connectivity index (χ0v) is 16.5. The topological polar surface area (TPSA) is 76.1 Å². The molecule has 1 aromatic rings. The molecule has 1 aliphatic carbocycles. The summed E-state index contributed by atoms with van der Waals surface area (Å²) < 4.78 is 11.8. The van der Waals surface area contributed by atoms with Crippen molar-refractivity contribution in [1.82, 2.24) is 4.90 Å². The number of ketones is 1. The van der Waals surface area contributed by atoms with E-state index >= 15 is 0 Å². The van der Waals surface area contributed by atoms with Gasteiger partial charge in [-0.15, -0.1) is 0 Å². The third-order valence-electron chi connectivity index (χ3n) is 6.31. The Morgan fingerprint density at radius 2 is 1.76 bits per heavy atom. The molecule has 0 unspecified atom stereocenters. The van der Waals surface area contributed by atoms with Crippen molar-refractivity contribution in [2.75, 3.05) is 37.7 Å². The quantitative estimate of drug-likeness (QED) is 0.574. The molecule has 7 nitrogen and oxygen atoms in total. The first-order valence-electron chi connectivity index (χ1n) is 10.7. The normalized spacial score (nSPS) is 23.4. The molecular weight excluding hydrogens is 372 g/mol. The molecule has 2 amide bonds. The van der Waals surface area contributed by atoms with Gasteiger partial charge >= 0.3 is 0 Å². The first kappa shape index (κ1) is 18.8. The first-order chi connectivity index (χ1) is 14.1. The maximum Gasteiger partial charge on any atom is 0.294 e. The number of nitrogens with zero attached hydrogens (tertiary/aromatic N) is 2. The van der Waals surface area contributed by atoms with Crippen LogP contribution in [0.15, 0.2) is 18.2 Å². The van der Waals surface area contributed by atoms with Crippen LogP contribution in [0.25, 0.3) is 0 Å². The summed E-state index contributed by atoms with van der Waals surface area (Å²) in [5, 5.41) is 0. The molecule has 3 heterocycles. The van der Waals surface area contributed by atoms with Gasteiger partial charge in [-0.25, -0.2) is 0 Å². The predicted octanol–water partition coefficient (Wildman–Crippen LogP) is 2.23. The van der Waals surface area contributed by atoms with Gasteiger partial charge in [-0.2, -0.15) is 0 Å². The van der Waals surface area contributed by atoms with E-state index in [0.29, 0.717) is 56.4 Å². The number of rotatable bonds is 4. The third-order valence-corrected chi connectivity index (χ3v) is 6.31. The highest BCUT2D eigenvalue weighted by atomic mass is 16.7. The maximum absolute atomic E-state index is 13.4. The lowest BCUT2D eigenvalue weighted by Crippen LogP contribution is -2.48. The molecule has 0 aromatic heterocycles. The van der Waals surface area contributed by atoms with Crippen molar-refractivity contribution < 1.29 is 23.9 Å². The summed E-state index contributed by atoms with van der Waals surface area (Å²) in [7, 11) is 0. The van der Waals surface area contributed by atoms with Crippen molar-refractivity contribution in [3.8, 4) is 0 Å². The number of ether oxygens (including phenoxy) is 2. The van der Waals surface area contributed by atoms with Gasteiger partial charge in [0.25, 0.3) is 23.4 Å². The molecule has 3 fully saturated rings. The summed E-state index contributed by atoms with van der Waals surface area (Å²) in [6.07, 6.45) is 5.79. The highest BCUT2D eigenvalue weighted by Gasteiger charge is 2.57. The van der Waals surface area contributed by atoms with Crippen LogP contribution in [0.3, 0.4) is 0 Å². The fourth-order valence-corrected chi connectivity index (χ4v) is 4.59. The summed E-state index contributed by atoms with van der Waals surface area (Å²) in [4.78, 5) is 42.9. The Morgan fingerprint density at radius 1 is 1.03 bits per heavy atom. The van der Waals surface area contributed by atoms with Crippen molar-refractivity contribution in [2.45, 2.75) is 44.3 Å². The molecule has 7 heteroatoms. The van der Waals surface area contributed by atoms with Gasteiger partial charge in [0.1, 0.15) is 0 Å². The van der Waals surface area contributed by atoms with Gasteiger partial charge in [-0.05, 0) is 50.5 Å². The second-order valence-electron chi connectivity index (χ2n) is 8.41. The zero-order chi connectivity index (χ0) is 20.0. The summed E-state index contributed by atoms with van der Waals surface area (Å²) >= 11 is 0. The van der Waals surface area contributed by atoms with Crippen LogP contribution in [-0.2, 0) is 24.8 Å². The van der Waals surface area contributed by atoms with Crippen LogP contribution in [0.4, 0.5) is 5.69 Å². The molecule has 5 rings (SSSR count). The largest absolute Gasteiger partial charge is 0.338 e. The number of hydrogen-bond acceptors (Lipinski definition) is 5. The van der Waals surface area contributed by atoms with Crippen molar-refractivity contribution in [3.63, 3.8) is 0 Å². The van der Waals surface area contributed by atoms with E-state index in [4.69, 9.17) is 9.47 Å². The Labute approximate surface area is 169 Å². The maximum atomic E-state index is 13.4. The van der Waals surface area contributed by atoms with Gasteiger partial charge in [0.15, 0.2) is 0 Å². The standard InChI is InChI=1S/C22H26N2O5/c25-19(20(26)23-10-2-1-3-11-23)16-6-4-7-17-18(16)22(28-12-5-13-29-22)21(27)24(17)14-15-8-9-15/h4,6-7,15H,1-3,5,8-14H2. The van der Waals surface area contributed by atoms with Gasteiger partial charge in [0.2, 0.25) is 0 Å². The van der Waals surface area contributed by atoms with Crippen molar-refractivity contribution in [3.05, 3.63) is 29.3 Å². The minimum absolute atomic E-state index is 0.228. The molecule has 0 radical (unpaired) electrons. The van der Waals surface area contributed by atoms with Gasteiger partial charge in [0, 0.05) is 25.2 Å². The van der Waals surface area contributed by atoms with E-state index in [-0.39, 0.29) is 11.5 Å². The van der Waals surface area contributed by atoms with Crippen LogP contribution >= 0.6 is 0 Å². The fourth-order valence-electron chi connectivity index (χ4n) is 4.59. The number of anilines is 1. The third kappa shape index (κ3) is 3.07. The number of amides is 2. The monoisotopic (exact) mass is 398 g/mol. The lowest BCUT2D eigenvalue weighted by molar-refractivity contribution is -0.256. The summed E-state index contributed by atoms with van der Waals surface area (Å²) in [6, 6.07) is 5.19. The average molecular weight is 398 g/mol. The van der Waals surface area contributed by atoms with E-state index in [0.717, 1.165) is 32.1 Å². The molecule has 1 aromatic carbocycles. The number of fused-ring (bicyclic) bond motifs is 2. The van der Waals surface area contributed by atoms with Crippen LogP contribution in [0, 0.1) is 5.92 Å². The van der Waals surface area contributed by atoms with E-state index in [1.54, 1.807) is 21.9 Å². The average Bonchev–Trinajstić information content (AvgIpc) is 3.57. The molecule has 0 atom stereocenters. The molecule has 1 spiro atoms. The molecule has 29 heavy (non-hydrogen) atoms. The Kier molecular flexibility index (Phi) is 4.67. The van der Waals surface area contributed by atoms with E-state index < -0.39 is 17.5 Å². The van der Waals surface area contributed by atoms with Crippen LogP contribution in [0.2, 0.25) is 0 Å². The molecule has 4 aliphatic rings. The second-order valence-corrected chi connectivity index (χ2v) is 8.41. The summed E-state index contributed by atoms with van der Waals surface area (Å²) in [5.74, 6) is -2.49. The highest BCUT2D eigenvalue weighted by molar-refractivity contribution is 6.43. The molecule has 1 saturated carbocycles. The smallest absolute Gasteiger partial charge is 0.294 e. The van der Waals surface area contributed by atoms with Crippen LogP contribution in [0.5, 0.6) is 0 Å². The second kappa shape index (κ2) is 7.22. The van der Waals surface area contributed by atoms with Crippen LogP contribution in [0.1, 0.15) is 54.4 Å². The highest BCUT2D eigenvalue weighted by Crippen LogP contribution is 2.48. The molecule has 0 bridgehead atoms. The van der Waals surface area contributed by atoms with Crippen LogP contribution < -0.4 is 4.90 Å². The SMILES string of the molecule is O=C(C(=O)N1CCCCC1)c1cccc2c1C1(OCCCO1)C(=O)N2CC1CC1. The molecule has 0 N–H and O–H groups in total. The summed E-state index contributed by atoms with van der Waals surface area (Å²) in [6.45, 7) is 2.56. The Bertz CT molecular complexity index is 851. The van der Waals surface area contributed by atoms with Gasteiger partial charge in [0.05, 0.1) is 24.5 Å². The van der Waals surface area contributed by atoms with Gasteiger partial charge in [-0.1, -0.05) is 12.1 Å². The van der Waals surface area contributed by atoms with Crippen molar-refractivity contribution in [1.29, 1.82) is 0 Å². The Balaban J connectivity index is 1.56. The number of hydrogen-bond donors (Lipinski definition) is 0. The minimum Gasteiger partial charge on any atom is -0.338 e. The number of carbonyl (C=O) groups excluding carboxylic acids is 3. The molecular formula is C22H26N2O5. The lowest BCUT2D eigenvalue weighted by Gasteiger charge is -2.33. The number of benzene rings is 1. The van der Waals surface area contributed by atoms with E-state index in [1.165, 1.54) is 0 Å². The zero-order valence-electron chi connectivity index (χ0n) is 16.5. The van der Waals surface area contributed by atoms with E-state index in [1.807, 2.05) is 6.07 Å². The van der Waals surface area contributed by atoms with Crippen molar-refractivity contribution in [2.24, 2.45) is 5.92 Å². The lowest BCUT2D eigenvalue weighted by atomic mass is 9.95. The minimum atomic E-state index is -1.60. The first-order valence-corrected chi connectivity index (χ1v) is 10.7. The number of Topliss-reactive ketones (excluding diaryl/α,β-unsaturated/α-hetero) is 1.